The molecule has 2 aromatic rings. The lowest BCUT2D eigenvalue weighted by Crippen LogP contribution is -2.06. The number of hydrogen-bond acceptors (Lipinski definition) is 4. The molecule has 0 aromatic carbocycles. The molecule has 0 radical (unpaired) electrons. The fourth-order valence-corrected chi connectivity index (χ4v) is 1.51. The third-order valence-electron chi connectivity index (χ3n) is 2.03. The Kier molecular flexibility index (Phi) is 1.84. The van der Waals surface area contributed by atoms with Crippen molar-refractivity contribution < 1.29 is 4.42 Å². The number of hydrogen-bond donors (Lipinski definition) is 0. The predicted octanol–water partition coefficient (Wildman–Crippen LogP) is 1.51. The van der Waals surface area contributed by atoms with Crippen LogP contribution in [0.25, 0.3) is 11.0 Å². The lowest BCUT2D eigenvalue weighted by molar-refractivity contribution is 0.466. The van der Waals surface area contributed by atoms with Crippen LogP contribution in [0.4, 0.5) is 0 Å². The minimum atomic E-state index is -0.363. The summed E-state index contributed by atoms with van der Waals surface area (Å²) in [5, 5.41) is 0.473. The summed E-state index contributed by atoms with van der Waals surface area (Å²) < 4.78 is 4.90. The molecule has 14 heavy (non-hydrogen) atoms. The van der Waals surface area contributed by atoms with Gasteiger partial charge in [0.2, 0.25) is 0 Å². The van der Waals surface area contributed by atoms with E-state index in [4.69, 9.17) is 4.42 Å². The topological polar surface area (TPSA) is 56.0 Å². The van der Waals surface area contributed by atoms with Gasteiger partial charge < -0.3 is 4.42 Å². The molecule has 4 nitrogen and oxygen atoms in total. The van der Waals surface area contributed by atoms with E-state index in [9.17, 15) is 4.79 Å². The van der Waals surface area contributed by atoms with E-state index in [1.54, 1.807) is 6.92 Å². The van der Waals surface area contributed by atoms with Crippen LogP contribution in [0.3, 0.4) is 0 Å². The van der Waals surface area contributed by atoms with E-state index >= 15 is 0 Å². The van der Waals surface area contributed by atoms with Crippen LogP contribution in [0.1, 0.15) is 17.1 Å². The minimum absolute atomic E-state index is 0.347. The number of aromatic nitrogens is 2. The molecule has 0 bridgehead atoms. The van der Waals surface area contributed by atoms with E-state index in [0.717, 1.165) is 11.3 Å². The van der Waals surface area contributed by atoms with Crippen molar-refractivity contribution in [3.05, 3.63) is 33.6 Å². The minimum Gasteiger partial charge on any atom is -0.408 e. The van der Waals surface area contributed by atoms with Gasteiger partial charge in [0.05, 0.1) is 0 Å². The Morgan fingerprint density at radius 1 is 1.21 bits per heavy atom. The molecule has 0 spiro atoms. The van der Waals surface area contributed by atoms with Gasteiger partial charge in [0.1, 0.15) is 5.39 Å². The van der Waals surface area contributed by atoms with Gasteiger partial charge in [-0.1, -0.05) is 0 Å². The van der Waals surface area contributed by atoms with Crippen molar-refractivity contribution in [2.45, 2.75) is 20.8 Å². The summed E-state index contributed by atoms with van der Waals surface area (Å²) in [6, 6.07) is 1.84. The summed E-state index contributed by atoms with van der Waals surface area (Å²) in [6.07, 6.45) is 0. The molecular weight excluding hydrogens is 180 g/mol. The zero-order valence-corrected chi connectivity index (χ0v) is 8.29. The van der Waals surface area contributed by atoms with Crippen molar-refractivity contribution in [2.75, 3.05) is 0 Å². The van der Waals surface area contributed by atoms with E-state index in [2.05, 4.69) is 9.97 Å². The van der Waals surface area contributed by atoms with Gasteiger partial charge in [-0.2, -0.15) is 4.98 Å². The molecule has 0 N–H and O–H groups in total. The first kappa shape index (κ1) is 8.87. The molecule has 2 aromatic heterocycles. The number of fused-ring (bicyclic) bond motifs is 1. The Morgan fingerprint density at radius 2 is 1.93 bits per heavy atom. The fraction of sp³-hybridized carbons (Fsp3) is 0.300. The van der Waals surface area contributed by atoms with Crippen LogP contribution < -0.4 is 5.63 Å². The van der Waals surface area contributed by atoms with Crippen molar-refractivity contribution in [3.63, 3.8) is 0 Å². The first-order valence-corrected chi connectivity index (χ1v) is 4.33. The lowest BCUT2D eigenvalue weighted by atomic mass is 10.2. The zero-order valence-electron chi connectivity index (χ0n) is 8.29. The van der Waals surface area contributed by atoms with Crippen LogP contribution in [0.2, 0.25) is 0 Å². The van der Waals surface area contributed by atoms with Crippen molar-refractivity contribution >= 4 is 11.0 Å². The van der Waals surface area contributed by atoms with Crippen LogP contribution >= 0.6 is 0 Å². The molecule has 0 saturated heterocycles. The second-order valence-electron chi connectivity index (χ2n) is 3.30. The lowest BCUT2D eigenvalue weighted by Gasteiger charge is -2.01. The van der Waals surface area contributed by atoms with E-state index < -0.39 is 0 Å². The molecule has 0 fully saturated rings. The number of aryl methyl sites for hydroxylation is 3. The smallest absolute Gasteiger partial charge is 0.348 e. The molecule has 0 amide bonds. The van der Waals surface area contributed by atoms with Gasteiger partial charge in [0.25, 0.3) is 0 Å². The Bertz CT molecular complexity index is 553. The largest absolute Gasteiger partial charge is 0.408 e. The molecular formula is C10H10N2O2. The van der Waals surface area contributed by atoms with Gasteiger partial charge in [0.15, 0.2) is 11.5 Å². The molecule has 0 atom stereocenters. The summed E-state index contributed by atoms with van der Waals surface area (Å²) in [4.78, 5) is 19.8. The van der Waals surface area contributed by atoms with Crippen LogP contribution in [0.5, 0.6) is 0 Å². The molecule has 2 heterocycles. The van der Waals surface area contributed by atoms with Crippen LogP contribution in [-0.4, -0.2) is 9.97 Å². The SMILES string of the molecule is Cc1cc(C)c2c(=O)oc(C)nc2n1. The second-order valence-corrected chi connectivity index (χ2v) is 3.30. The van der Waals surface area contributed by atoms with Gasteiger partial charge in [0, 0.05) is 12.6 Å². The van der Waals surface area contributed by atoms with E-state index in [0.29, 0.717) is 16.9 Å². The third kappa shape index (κ3) is 1.28. The van der Waals surface area contributed by atoms with Gasteiger partial charge in [-0.25, -0.2) is 9.78 Å². The summed E-state index contributed by atoms with van der Waals surface area (Å²) in [7, 11) is 0. The van der Waals surface area contributed by atoms with Gasteiger partial charge in [-0.05, 0) is 25.5 Å². The Hall–Kier alpha value is -1.71. The first-order chi connectivity index (χ1) is 6.58. The number of rotatable bonds is 0. The summed E-state index contributed by atoms with van der Waals surface area (Å²) in [5.74, 6) is 0.347. The fourth-order valence-electron chi connectivity index (χ4n) is 1.51. The molecule has 2 rings (SSSR count). The van der Waals surface area contributed by atoms with E-state index in [-0.39, 0.29) is 5.63 Å². The van der Waals surface area contributed by atoms with Crippen molar-refractivity contribution in [1.82, 2.24) is 9.97 Å². The normalized spacial score (nSPS) is 10.8. The average molecular weight is 190 g/mol. The maximum atomic E-state index is 11.5. The van der Waals surface area contributed by atoms with E-state index in [1.165, 1.54) is 0 Å². The third-order valence-corrected chi connectivity index (χ3v) is 2.03. The van der Waals surface area contributed by atoms with Gasteiger partial charge >= 0.3 is 5.63 Å². The van der Waals surface area contributed by atoms with Crippen LogP contribution in [-0.2, 0) is 0 Å². The highest BCUT2D eigenvalue weighted by molar-refractivity contribution is 5.76. The highest BCUT2D eigenvalue weighted by atomic mass is 16.4. The van der Waals surface area contributed by atoms with Gasteiger partial charge in [-0.3, -0.25) is 0 Å². The maximum Gasteiger partial charge on any atom is 0.348 e. The van der Waals surface area contributed by atoms with E-state index in [1.807, 2.05) is 19.9 Å². The highest BCUT2D eigenvalue weighted by Crippen LogP contribution is 2.11. The second kappa shape index (κ2) is 2.90. The number of nitrogens with zero attached hydrogens (tertiary/aromatic N) is 2. The number of pyridine rings is 1. The van der Waals surface area contributed by atoms with Crippen molar-refractivity contribution in [1.29, 1.82) is 0 Å². The molecule has 0 aliphatic heterocycles. The Balaban J connectivity index is 3.02. The molecule has 0 aliphatic carbocycles. The maximum absolute atomic E-state index is 11.5. The van der Waals surface area contributed by atoms with Crippen LogP contribution in [0, 0.1) is 20.8 Å². The molecule has 0 saturated carbocycles. The Morgan fingerprint density at radius 3 is 2.64 bits per heavy atom. The Labute approximate surface area is 80.6 Å². The van der Waals surface area contributed by atoms with Crippen molar-refractivity contribution in [2.24, 2.45) is 0 Å². The average Bonchev–Trinajstić information content (AvgIpc) is 1.99. The summed E-state index contributed by atoms with van der Waals surface area (Å²) in [6.45, 7) is 5.36. The van der Waals surface area contributed by atoms with Crippen LogP contribution in [0.15, 0.2) is 15.3 Å². The predicted molar refractivity (Wildman–Crippen MR) is 52.3 cm³/mol. The van der Waals surface area contributed by atoms with Gasteiger partial charge in [-0.15, -0.1) is 0 Å². The zero-order chi connectivity index (χ0) is 10.3. The highest BCUT2D eigenvalue weighted by Gasteiger charge is 2.08. The summed E-state index contributed by atoms with van der Waals surface area (Å²) >= 11 is 0. The molecule has 4 heteroatoms. The molecule has 0 aliphatic rings. The monoisotopic (exact) mass is 190 g/mol. The molecule has 72 valence electrons. The summed E-state index contributed by atoms with van der Waals surface area (Å²) in [5.41, 5.74) is 1.81. The first-order valence-electron chi connectivity index (χ1n) is 4.33. The standard InChI is InChI=1S/C10H10N2O2/c1-5-4-6(2)11-9-8(5)10(13)14-7(3)12-9/h4H,1-3H3. The molecule has 0 unspecified atom stereocenters. The van der Waals surface area contributed by atoms with Crippen molar-refractivity contribution in [3.8, 4) is 0 Å². The quantitative estimate of drug-likeness (QED) is 0.631.